The van der Waals surface area contributed by atoms with Crippen LogP contribution in [0.3, 0.4) is 0 Å². The molecule has 0 saturated heterocycles. The highest BCUT2D eigenvalue weighted by atomic mass is 16.7. The summed E-state index contributed by atoms with van der Waals surface area (Å²) < 4.78 is 16.9. The van der Waals surface area contributed by atoms with E-state index in [0.29, 0.717) is 6.54 Å². The number of nitrogens with zero attached hydrogens (tertiary/aromatic N) is 1. The lowest BCUT2D eigenvalue weighted by Gasteiger charge is -2.20. The average Bonchev–Trinajstić information content (AvgIpc) is 2.96. The largest absolute Gasteiger partial charge is 0.449 e. The first kappa shape index (κ1) is 13.8. The van der Waals surface area contributed by atoms with E-state index in [-0.39, 0.29) is 0 Å². The van der Waals surface area contributed by atoms with E-state index in [9.17, 15) is 0 Å². The van der Waals surface area contributed by atoms with Gasteiger partial charge in [-0.05, 0) is 26.0 Å². The van der Waals surface area contributed by atoms with E-state index in [1.807, 2.05) is 45.9 Å². The van der Waals surface area contributed by atoms with Crippen LogP contribution < -0.4 is 14.8 Å². The Balaban J connectivity index is 1.73. The Labute approximate surface area is 124 Å². The van der Waals surface area contributed by atoms with Crippen molar-refractivity contribution in [2.45, 2.75) is 46.4 Å². The van der Waals surface area contributed by atoms with E-state index in [1.54, 1.807) is 0 Å². The molecular weight excluding hydrogens is 268 g/mol. The van der Waals surface area contributed by atoms with Crippen molar-refractivity contribution in [3.63, 3.8) is 0 Å². The summed E-state index contributed by atoms with van der Waals surface area (Å²) in [5, 5.41) is 7.32. The zero-order valence-corrected chi connectivity index (χ0v) is 12.8. The standard InChI is InChI=1S/C16H20N2O3/c1-5-16(4)19-14-7-6-12(8-15(14)20-16)17-9-13-10(2)18-21-11(13)3/h6-8,17H,5,9H2,1-4H3/t16-/m1/s1. The number of aromatic nitrogens is 1. The maximum Gasteiger partial charge on any atom is 0.248 e. The van der Waals surface area contributed by atoms with Crippen LogP contribution in [-0.4, -0.2) is 10.9 Å². The third-order valence-electron chi connectivity index (χ3n) is 3.89. The Morgan fingerprint density at radius 2 is 1.95 bits per heavy atom. The summed E-state index contributed by atoms with van der Waals surface area (Å²) >= 11 is 0. The molecule has 0 amide bonds. The third kappa shape index (κ3) is 2.55. The van der Waals surface area contributed by atoms with Gasteiger partial charge in [-0.15, -0.1) is 0 Å². The fourth-order valence-electron chi connectivity index (χ4n) is 2.36. The van der Waals surface area contributed by atoms with Crippen LogP contribution >= 0.6 is 0 Å². The molecule has 5 heteroatoms. The van der Waals surface area contributed by atoms with Gasteiger partial charge in [0, 0.05) is 37.2 Å². The molecular formula is C16H20N2O3. The number of aryl methyl sites for hydroxylation is 2. The maximum atomic E-state index is 5.88. The van der Waals surface area contributed by atoms with Crippen LogP contribution in [0.5, 0.6) is 11.5 Å². The van der Waals surface area contributed by atoms with Crippen LogP contribution in [0.15, 0.2) is 22.7 Å². The smallest absolute Gasteiger partial charge is 0.248 e. The quantitative estimate of drug-likeness (QED) is 0.927. The van der Waals surface area contributed by atoms with Crippen molar-refractivity contribution in [3.8, 4) is 11.5 Å². The number of rotatable bonds is 4. The van der Waals surface area contributed by atoms with Crippen LogP contribution in [0, 0.1) is 13.8 Å². The minimum atomic E-state index is -0.553. The molecule has 5 nitrogen and oxygen atoms in total. The Morgan fingerprint density at radius 3 is 2.62 bits per heavy atom. The van der Waals surface area contributed by atoms with Crippen molar-refractivity contribution in [1.29, 1.82) is 0 Å². The normalized spacial score (nSPS) is 19.8. The molecule has 2 aromatic rings. The summed E-state index contributed by atoms with van der Waals surface area (Å²) in [6, 6.07) is 5.89. The van der Waals surface area contributed by atoms with Crippen molar-refractivity contribution in [3.05, 3.63) is 35.2 Å². The fourth-order valence-corrected chi connectivity index (χ4v) is 2.36. The molecule has 1 aliphatic rings. The lowest BCUT2D eigenvalue weighted by atomic mass is 10.2. The van der Waals surface area contributed by atoms with Gasteiger partial charge < -0.3 is 19.3 Å². The molecule has 0 spiro atoms. The number of anilines is 1. The Kier molecular flexibility index (Phi) is 3.27. The molecule has 3 rings (SSSR count). The molecule has 1 atom stereocenters. The zero-order valence-electron chi connectivity index (χ0n) is 12.8. The second-order valence-electron chi connectivity index (χ2n) is 5.51. The number of nitrogens with one attached hydrogen (secondary N) is 1. The van der Waals surface area contributed by atoms with Crippen molar-refractivity contribution >= 4 is 5.69 Å². The van der Waals surface area contributed by atoms with Gasteiger partial charge in [0.15, 0.2) is 11.5 Å². The van der Waals surface area contributed by atoms with E-state index in [4.69, 9.17) is 14.0 Å². The van der Waals surface area contributed by atoms with Crippen LogP contribution in [0.25, 0.3) is 0 Å². The third-order valence-corrected chi connectivity index (χ3v) is 3.89. The van der Waals surface area contributed by atoms with Gasteiger partial charge >= 0.3 is 0 Å². The number of hydrogen-bond acceptors (Lipinski definition) is 5. The fraction of sp³-hybridized carbons (Fsp3) is 0.438. The van der Waals surface area contributed by atoms with Crippen LogP contribution in [0.2, 0.25) is 0 Å². The number of fused-ring (bicyclic) bond motifs is 1. The van der Waals surface area contributed by atoms with Crippen molar-refractivity contribution in [2.24, 2.45) is 0 Å². The van der Waals surface area contributed by atoms with Gasteiger partial charge in [-0.25, -0.2) is 0 Å². The summed E-state index contributed by atoms with van der Waals surface area (Å²) in [6.07, 6.45) is 0.795. The molecule has 1 aliphatic heterocycles. The monoisotopic (exact) mass is 288 g/mol. The number of hydrogen-bond donors (Lipinski definition) is 1. The van der Waals surface area contributed by atoms with E-state index < -0.39 is 5.79 Å². The summed E-state index contributed by atoms with van der Waals surface area (Å²) in [7, 11) is 0. The molecule has 1 N–H and O–H groups in total. The molecule has 0 unspecified atom stereocenters. The van der Waals surface area contributed by atoms with Crippen molar-refractivity contribution in [2.75, 3.05) is 5.32 Å². The average molecular weight is 288 g/mol. The first-order valence-corrected chi connectivity index (χ1v) is 7.18. The highest BCUT2D eigenvalue weighted by molar-refractivity contribution is 5.56. The van der Waals surface area contributed by atoms with Gasteiger partial charge in [-0.2, -0.15) is 0 Å². The van der Waals surface area contributed by atoms with Crippen molar-refractivity contribution < 1.29 is 14.0 Å². The topological polar surface area (TPSA) is 56.5 Å². The van der Waals surface area contributed by atoms with E-state index in [0.717, 1.165) is 40.6 Å². The first-order chi connectivity index (χ1) is 10.0. The second kappa shape index (κ2) is 4.98. The van der Waals surface area contributed by atoms with E-state index >= 15 is 0 Å². The van der Waals surface area contributed by atoms with Crippen LogP contribution in [0.4, 0.5) is 5.69 Å². The van der Waals surface area contributed by atoms with Crippen LogP contribution in [0.1, 0.15) is 37.3 Å². The molecule has 112 valence electrons. The molecule has 0 saturated carbocycles. The molecule has 0 fully saturated rings. The highest BCUT2D eigenvalue weighted by Crippen LogP contribution is 2.42. The molecule has 0 bridgehead atoms. The Hall–Kier alpha value is -2.17. The summed E-state index contributed by atoms with van der Waals surface area (Å²) in [5.41, 5.74) is 2.99. The van der Waals surface area contributed by atoms with Gasteiger partial charge in [-0.3, -0.25) is 0 Å². The van der Waals surface area contributed by atoms with Gasteiger partial charge in [-0.1, -0.05) is 12.1 Å². The predicted octanol–water partition coefficient (Wildman–Crippen LogP) is 3.80. The van der Waals surface area contributed by atoms with Gasteiger partial charge in [0.05, 0.1) is 5.69 Å². The second-order valence-corrected chi connectivity index (χ2v) is 5.51. The van der Waals surface area contributed by atoms with Gasteiger partial charge in [0.2, 0.25) is 5.79 Å². The van der Waals surface area contributed by atoms with Gasteiger partial charge in [0.25, 0.3) is 0 Å². The molecule has 21 heavy (non-hydrogen) atoms. The number of ether oxygens (including phenoxy) is 2. The first-order valence-electron chi connectivity index (χ1n) is 7.18. The zero-order chi connectivity index (χ0) is 15.0. The summed E-state index contributed by atoms with van der Waals surface area (Å²) in [6.45, 7) is 8.53. The predicted molar refractivity (Wildman–Crippen MR) is 79.7 cm³/mol. The lowest BCUT2D eigenvalue weighted by molar-refractivity contribution is -0.0640. The maximum absolute atomic E-state index is 5.88. The SMILES string of the molecule is CC[C@]1(C)Oc2ccc(NCc3c(C)noc3C)cc2O1. The number of benzene rings is 1. The molecule has 0 aliphatic carbocycles. The molecule has 1 aromatic heterocycles. The summed E-state index contributed by atoms with van der Waals surface area (Å²) in [5.74, 6) is 1.87. The minimum absolute atomic E-state index is 0.553. The molecule has 2 heterocycles. The van der Waals surface area contributed by atoms with Crippen LogP contribution in [-0.2, 0) is 6.54 Å². The summed E-state index contributed by atoms with van der Waals surface area (Å²) in [4.78, 5) is 0. The highest BCUT2D eigenvalue weighted by Gasteiger charge is 2.34. The Morgan fingerprint density at radius 1 is 1.19 bits per heavy atom. The van der Waals surface area contributed by atoms with Crippen molar-refractivity contribution in [1.82, 2.24) is 5.16 Å². The van der Waals surface area contributed by atoms with E-state index in [1.165, 1.54) is 0 Å². The lowest BCUT2D eigenvalue weighted by Crippen LogP contribution is -2.33. The van der Waals surface area contributed by atoms with E-state index in [2.05, 4.69) is 10.5 Å². The minimum Gasteiger partial charge on any atom is -0.449 e. The Bertz CT molecular complexity index is 646. The molecule has 1 aromatic carbocycles. The van der Waals surface area contributed by atoms with Gasteiger partial charge in [0.1, 0.15) is 5.76 Å². The molecule has 0 radical (unpaired) electrons.